The summed E-state index contributed by atoms with van der Waals surface area (Å²) in [7, 11) is 0.127. The molecule has 1 amide bonds. The van der Waals surface area contributed by atoms with Crippen LogP contribution in [-0.2, 0) is 14.6 Å². The molecule has 0 aliphatic carbocycles. The fraction of sp³-hybridized carbons (Fsp3) is 0.462. The molecule has 1 aromatic carbocycles. The molecule has 1 aliphatic heterocycles. The predicted molar refractivity (Wildman–Crippen MR) is 72.5 cm³/mol. The van der Waals surface area contributed by atoms with Crippen molar-refractivity contribution >= 4 is 15.7 Å². The maximum atomic E-state index is 12.0. The van der Waals surface area contributed by atoms with Crippen LogP contribution >= 0.6 is 0 Å². The zero-order valence-corrected chi connectivity index (χ0v) is 12.1. The van der Waals surface area contributed by atoms with Crippen LogP contribution in [-0.4, -0.2) is 45.1 Å². The average Bonchev–Trinajstić information content (AvgIpc) is 2.60. The number of amides is 1. The summed E-state index contributed by atoms with van der Waals surface area (Å²) in [4.78, 5) is 13.7. The van der Waals surface area contributed by atoms with E-state index in [0.717, 1.165) is 5.56 Å². The largest absolute Gasteiger partial charge is 0.347 e. The minimum Gasteiger partial charge on any atom is -0.347 e. The number of carbonyl (C=O) groups excluding carboxylic acids is 1. The number of sulfone groups is 1. The first-order valence-corrected chi connectivity index (χ1v) is 7.77. The Morgan fingerprint density at radius 2 is 2.00 bits per heavy atom. The number of fused-ring (bicyclic) bond motifs is 1. The second-order valence-corrected chi connectivity index (χ2v) is 7.00. The van der Waals surface area contributed by atoms with E-state index in [1.807, 2.05) is 6.07 Å². The van der Waals surface area contributed by atoms with Crippen molar-refractivity contribution in [2.24, 2.45) is 0 Å². The van der Waals surface area contributed by atoms with Gasteiger partial charge in [-0.1, -0.05) is 18.2 Å². The minimum absolute atomic E-state index is 0.0113. The van der Waals surface area contributed by atoms with Crippen molar-refractivity contribution in [1.82, 2.24) is 10.2 Å². The molecule has 0 saturated heterocycles. The summed E-state index contributed by atoms with van der Waals surface area (Å²) < 4.78 is 24.0. The van der Waals surface area contributed by atoms with Gasteiger partial charge < -0.3 is 4.90 Å². The molecule has 0 aromatic heterocycles. The molecule has 1 heterocycles. The molecule has 2 atom stereocenters. The molecule has 0 bridgehead atoms. The van der Waals surface area contributed by atoms with Crippen LogP contribution in [0.2, 0.25) is 0 Å². The number of hydrogen-bond acceptors (Lipinski definition) is 4. The summed E-state index contributed by atoms with van der Waals surface area (Å²) >= 11 is 0. The highest BCUT2D eigenvalue weighted by atomic mass is 32.2. The Kier molecular flexibility index (Phi) is 3.64. The Balaban J connectivity index is 2.23. The highest BCUT2D eigenvalue weighted by Gasteiger charge is 2.35. The zero-order chi connectivity index (χ0) is 14.2. The fourth-order valence-electron chi connectivity index (χ4n) is 2.35. The molecule has 2 rings (SSSR count). The van der Waals surface area contributed by atoms with Crippen molar-refractivity contribution in [3.8, 4) is 0 Å². The van der Waals surface area contributed by atoms with Gasteiger partial charge in [0.1, 0.15) is 0 Å². The number of likely N-dealkylation sites (N-methyl/N-ethyl adjacent to an activating group) is 1. The average molecular weight is 282 g/mol. The van der Waals surface area contributed by atoms with Gasteiger partial charge in [-0.15, -0.1) is 0 Å². The molecule has 0 saturated carbocycles. The van der Waals surface area contributed by atoms with E-state index in [1.165, 1.54) is 4.90 Å². The topological polar surface area (TPSA) is 66.5 Å². The lowest BCUT2D eigenvalue weighted by molar-refractivity contribution is -0.130. The van der Waals surface area contributed by atoms with Crippen molar-refractivity contribution in [3.05, 3.63) is 29.8 Å². The van der Waals surface area contributed by atoms with Gasteiger partial charge in [-0.25, -0.2) is 8.42 Å². The molecule has 1 aromatic rings. The Bertz CT molecular complexity index is 596. The third kappa shape index (κ3) is 2.64. The normalized spacial score (nSPS) is 21.7. The van der Waals surface area contributed by atoms with E-state index in [9.17, 15) is 13.2 Å². The number of benzene rings is 1. The Labute approximate surface area is 113 Å². The summed E-state index contributed by atoms with van der Waals surface area (Å²) in [6.45, 7) is 1.75. The predicted octanol–water partition coefficient (Wildman–Crippen LogP) is 0.581. The molecular formula is C13H18N2O3S. The molecule has 0 spiro atoms. The number of hydrogen-bond donors (Lipinski definition) is 1. The van der Waals surface area contributed by atoms with E-state index in [4.69, 9.17) is 0 Å². The summed E-state index contributed by atoms with van der Waals surface area (Å²) in [5, 5.41) is 3.10. The minimum atomic E-state index is -3.23. The molecule has 104 valence electrons. The van der Waals surface area contributed by atoms with Crippen molar-refractivity contribution in [2.45, 2.75) is 23.9 Å². The van der Waals surface area contributed by atoms with Crippen molar-refractivity contribution < 1.29 is 13.2 Å². The number of rotatable bonds is 3. The lowest BCUT2D eigenvalue weighted by atomic mass is 10.1. The summed E-state index contributed by atoms with van der Waals surface area (Å²) in [5.74, 6) is -0.0565. The molecule has 5 nitrogen and oxygen atoms in total. The highest BCUT2D eigenvalue weighted by molar-refractivity contribution is 7.91. The van der Waals surface area contributed by atoms with Gasteiger partial charge in [0.15, 0.2) is 9.84 Å². The first kappa shape index (κ1) is 14.0. The van der Waals surface area contributed by atoms with Gasteiger partial charge in [0, 0.05) is 20.1 Å². The van der Waals surface area contributed by atoms with Crippen molar-refractivity contribution in [1.29, 1.82) is 0 Å². The number of nitrogens with one attached hydrogen (secondary N) is 1. The van der Waals surface area contributed by atoms with E-state index in [-0.39, 0.29) is 17.7 Å². The third-order valence-electron chi connectivity index (χ3n) is 3.28. The second-order valence-electron chi connectivity index (χ2n) is 4.99. The molecular weight excluding hydrogens is 264 g/mol. The molecule has 1 aliphatic rings. The van der Waals surface area contributed by atoms with Crippen LogP contribution in [0, 0.1) is 0 Å². The maximum absolute atomic E-state index is 12.0. The van der Waals surface area contributed by atoms with Crippen LogP contribution in [0.3, 0.4) is 0 Å². The second kappa shape index (κ2) is 4.94. The van der Waals surface area contributed by atoms with E-state index in [0.29, 0.717) is 4.90 Å². The van der Waals surface area contributed by atoms with Gasteiger partial charge in [-0.2, -0.15) is 0 Å². The highest BCUT2D eigenvalue weighted by Crippen LogP contribution is 2.33. The van der Waals surface area contributed by atoms with Gasteiger partial charge in [0.2, 0.25) is 5.91 Å². The summed E-state index contributed by atoms with van der Waals surface area (Å²) in [6.07, 6.45) is 0. The standard InChI is InChI=1S/C13H18N2O3S/c1-9(13(16)15(2)3)14-11-8-19(17,18)12-7-5-4-6-10(11)12/h4-7,9,11,14H,8H2,1-3H3. The first-order chi connectivity index (χ1) is 8.83. The van der Waals surface area contributed by atoms with Crippen LogP contribution in [0.25, 0.3) is 0 Å². The smallest absolute Gasteiger partial charge is 0.238 e. The first-order valence-electron chi connectivity index (χ1n) is 6.12. The monoisotopic (exact) mass is 282 g/mol. The third-order valence-corrected chi connectivity index (χ3v) is 5.09. The molecule has 19 heavy (non-hydrogen) atoms. The van der Waals surface area contributed by atoms with E-state index in [1.54, 1.807) is 39.2 Å². The van der Waals surface area contributed by atoms with Gasteiger partial charge >= 0.3 is 0 Å². The molecule has 0 fully saturated rings. The van der Waals surface area contributed by atoms with Gasteiger partial charge in [-0.05, 0) is 18.6 Å². The molecule has 6 heteroatoms. The summed E-state index contributed by atoms with van der Waals surface area (Å²) in [6, 6.07) is 6.20. The van der Waals surface area contributed by atoms with Gasteiger partial charge in [-0.3, -0.25) is 10.1 Å². The van der Waals surface area contributed by atoms with Gasteiger partial charge in [0.25, 0.3) is 0 Å². The quantitative estimate of drug-likeness (QED) is 0.881. The molecule has 0 radical (unpaired) electrons. The lowest BCUT2D eigenvalue weighted by Gasteiger charge is -2.21. The Morgan fingerprint density at radius 3 is 2.63 bits per heavy atom. The van der Waals surface area contributed by atoms with Crippen LogP contribution < -0.4 is 5.32 Å². The lowest BCUT2D eigenvalue weighted by Crippen LogP contribution is -2.43. The molecule has 1 N–H and O–H groups in total. The maximum Gasteiger partial charge on any atom is 0.238 e. The van der Waals surface area contributed by atoms with E-state index < -0.39 is 15.9 Å². The van der Waals surface area contributed by atoms with Crippen LogP contribution in [0.4, 0.5) is 0 Å². The Hall–Kier alpha value is -1.40. The SMILES string of the molecule is CC(NC1CS(=O)(=O)c2ccccc21)C(=O)N(C)C. The van der Waals surface area contributed by atoms with Crippen molar-refractivity contribution in [2.75, 3.05) is 19.8 Å². The van der Waals surface area contributed by atoms with Crippen LogP contribution in [0.1, 0.15) is 18.5 Å². The van der Waals surface area contributed by atoms with Gasteiger partial charge in [0.05, 0.1) is 16.7 Å². The van der Waals surface area contributed by atoms with Crippen LogP contribution in [0.5, 0.6) is 0 Å². The van der Waals surface area contributed by atoms with E-state index in [2.05, 4.69) is 5.32 Å². The van der Waals surface area contributed by atoms with Crippen molar-refractivity contribution in [3.63, 3.8) is 0 Å². The van der Waals surface area contributed by atoms with E-state index >= 15 is 0 Å². The Morgan fingerprint density at radius 1 is 1.37 bits per heavy atom. The zero-order valence-electron chi connectivity index (χ0n) is 11.3. The molecule has 2 unspecified atom stereocenters. The summed E-state index contributed by atoms with van der Waals surface area (Å²) in [5.41, 5.74) is 0.751. The fourth-order valence-corrected chi connectivity index (χ4v) is 4.10. The van der Waals surface area contributed by atoms with Crippen LogP contribution in [0.15, 0.2) is 29.2 Å². The number of carbonyl (C=O) groups is 1. The number of nitrogens with zero attached hydrogens (tertiary/aromatic N) is 1.